The highest BCUT2D eigenvalue weighted by atomic mass is 16.4. The van der Waals surface area contributed by atoms with Gasteiger partial charge in [0.2, 0.25) is 0 Å². The Kier molecular flexibility index (Phi) is 4.29. The van der Waals surface area contributed by atoms with Crippen molar-refractivity contribution in [3.63, 3.8) is 0 Å². The molecule has 0 aromatic carbocycles. The average Bonchev–Trinajstić information content (AvgIpc) is 2.68. The monoisotopic (exact) mass is 291 g/mol. The van der Waals surface area contributed by atoms with Crippen LogP contribution in [0.5, 0.6) is 0 Å². The summed E-state index contributed by atoms with van der Waals surface area (Å²) in [6.07, 6.45) is 8.22. The van der Waals surface area contributed by atoms with E-state index in [0.29, 0.717) is 6.04 Å². The lowest BCUT2D eigenvalue weighted by atomic mass is 9.98. The van der Waals surface area contributed by atoms with E-state index < -0.39 is 5.97 Å². The van der Waals surface area contributed by atoms with Crippen molar-refractivity contribution in [2.45, 2.75) is 64.6 Å². The van der Waals surface area contributed by atoms with E-state index in [1.54, 1.807) is 6.07 Å². The summed E-state index contributed by atoms with van der Waals surface area (Å²) in [5.74, 6) is -0.122. The van der Waals surface area contributed by atoms with Gasteiger partial charge in [-0.2, -0.15) is 5.10 Å². The lowest BCUT2D eigenvalue weighted by Crippen LogP contribution is -2.43. The van der Waals surface area contributed by atoms with Gasteiger partial charge < -0.3 is 5.11 Å². The molecule has 21 heavy (non-hydrogen) atoms. The van der Waals surface area contributed by atoms with Crippen LogP contribution in [0.4, 0.5) is 0 Å². The van der Waals surface area contributed by atoms with Gasteiger partial charge in [-0.3, -0.25) is 9.58 Å². The molecule has 0 spiro atoms. The number of hydrogen-bond donors (Lipinski definition) is 1. The molecule has 1 fully saturated rings. The number of carbonyl (C=O) groups is 1. The van der Waals surface area contributed by atoms with E-state index >= 15 is 0 Å². The number of carboxylic acids is 1. The lowest BCUT2D eigenvalue weighted by molar-refractivity contribution is 0.0688. The molecular weight excluding hydrogens is 266 g/mol. The normalized spacial score (nSPS) is 24.5. The van der Waals surface area contributed by atoms with E-state index in [4.69, 9.17) is 5.11 Å². The van der Waals surface area contributed by atoms with Crippen molar-refractivity contribution in [3.8, 4) is 0 Å². The maximum Gasteiger partial charge on any atom is 0.356 e. The maximum atomic E-state index is 11.0. The predicted molar refractivity (Wildman–Crippen MR) is 80.3 cm³/mol. The molecule has 2 aliphatic rings. The summed E-state index contributed by atoms with van der Waals surface area (Å²) in [4.78, 5) is 13.6. The van der Waals surface area contributed by atoms with Crippen molar-refractivity contribution >= 4 is 5.97 Å². The summed E-state index contributed by atoms with van der Waals surface area (Å²) >= 11 is 0. The number of aromatic nitrogens is 2. The van der Waals surface area contributed by atoms with Gasteiger partial charge >= 0.3 is 5.97 Å². The van der Waals surface area contributed by atoms with Gasteiger partial charge in [-0.05, 0) is 31.7 Å². The van der Waals surface area contributed by atoms with Crippen LogP contribution in [0.15, 0.2) is 6.07 Å². The molecule has 0 bridgehead atoms. The van der Waals surface area contributed by atoms with Crippen LogP contribution in [-0.2, 0) is 13.1 Å². The third kappa shape index (κ3) is 3.28. The molecule has 1 N–H and O–H groups in total. The molecule has 1 aliphatic carbocycles. The Morgan fingerprint density at radius 2 is 2.05 bits per heavy atom. The van der Waals surface area contributed by atoms with Crippen molar-refractivity contribution in [1.29, 1.82) is 0 Å². The summed E-state index contributed by atoms with van der Waals surface area (Å²) in [5.41, 5.74) is 1.22. The minimum Gasteiger partial charge on any atom is -0.476 e. The Morgan fingerprint density at radius 1 is 1.33 bits per heavy atom. The van der Waals surface area contributed by atoms with Crippen LogP contribution >= 0.6 is 0 Å². The van der Waals surface area contributed by atoms with E-state index in [2.05, 4.69) is 16.9 Å². The van der Waals surface area contributed by atoms with E-state index in [-0.39, 0.29) is 5.69 Å². The number of hydrogen-bond acceptors (Lipinski definition) is 3. The molecule has 1 aromatic heterocycles. The van der Waals surface area contributed by atoms with E-state index in [1.165, 1.54) is 38.5 Å². The van der Waals surface area contributed by atoms with Crippen molar-refractivity contribution in [3.05, 3.63) is 17.5 Å². The van der Waals surface area contributed by atoms with Crippen molar-refractivity contribution < 1.29 is 9.90 Å². The summed E-state index contributed by atoms with van der Waals surface area (Å²) in [6.45, 7) is 5.00. The van der Waals surface area contributed by atoms with Crippen LogP contribution in [0.2, 0.25) is 0 Å². The highest BCUT2D eigenvalue weighted by molar-refractivity contribution is 5.85. The molecule has 116 valence electrons. The zero-order chi connectivity index (χ0) is 14.8. The highest BCUT2D eigenvalue weighted by Gasteiger charge is 2.27. The minimum atomic E-state index is -0.931. The lowest BCUT2D eigenvalue weighted by Gasteiger charge is -2.36. The second-order valence-corrected chi connectivity index (χ2v) is 6.64. The van der Waals surface area contributed by atoms with Crippen LogP contribution in [0.25, 0.3) is 0 Å². The molecule has 3 rings (SSSR count). The third-order valence-corrected chi connectivity index (χ3v) is 4.98. The number of fused-ring (bicyclic) bond motifs is 1. The Morgan fingerprint density at radius 3 is 2.71 bits per heavy atom. The van der Waals surface area contributed by atoms with Gasteiger partial charge in [0.25, 0.3) is 0 Å². The summed E-state index contributed by atoms with van der Waals surface area (Å²) in [5, 5.41) is 13.3. The van der Waals surface area contributed by atoms with E-state index in [1.807, 2.05) is 4.68 Å². The minimum absolute atomic E-state index is 0.175. The SMILES string of the molecule is CC1Cn2nc(C(=O)O)cc2CN1CC1CCCCCC1. The second kappa shape index (κ2) is 6.18. The first-order chi connectivity index (χ1) is 10.1. The average molecular weight is 291 g/mol. The van der Waals surface area contributed by atoms with E-state index in [9.17, 15) is 4.79 Å². The molecule has 1 unspecified atom stereocenters. The number of carboxylic acid groups (broad SMARTS) is 1. The van der Waals surface area contributed by atoms with Crippen molar-refractivity contribution in [2.75, 3.05) is 6.54 Å². The first kappa shape index (κ1) is 14.6. The molecule has 1 saturated carbocycles. The fourth-order valence-corrected chi connectivity index (χ4v) is 3.70. The molecule has 2 heterocycles. The van der Waals surface area contributed by atoms with Gasteiger partial charge in [0.1, 0.15) is 0 Å². The maximum absolute atomic E-state index is 11.0. The van der Waals surface area contributed by atoms with Crippen LogP contribution in [-0.4, -0.2) is 38.3 Å². The summed E-state index contributed by atoms with van der Waals surface area (Å²) < 4.78 is 1.87. The van der Waals surface area contributed by atoms with Gasteiger partial charge in [0.15, 0.2) is 5.69 Å². The van der Waals surface area contributed by atoms with Crippen molar-refractivity contribution in [2.24, 2.45) is 5.92 Å². The molecule has 0 saturated heterocycles. The molecule has 5 heteroatoms. The Hall–Kier alpha value is -1.36. The Bertz CT molecular complexity index is 504. The largest absolute Gasteiger partial charge is 0.476 e. The second-order valence-electron chi connectivity index (χ2n) is 6.64. The van der Waals surface area contributed by atoms with Crippen LogP contribution in [0.1, 0.15) is 61.6 Å². The van der Waals surface area contributed by atoms with Gasteiger partial charge in [0, 0.05) is 19.1 Å². The van der Waals surface area contributed by atoms with Crippen LogP contribution in [0.3, 0.4) is 0 Å². The highest BCUT2D eigenvalue weighted by Crippen LogP contribution is 2.26. The molecule has 0 radical (unpaired) electrons. The first-order valence-corrected chi connectivity index (χ1v) is 8.17. The third-order valence-electron chi connectivity index (χ3n) is 4.98. The van der Waals surface area contributed by atoms with Crippen LogP contribution < -0.4 is 0 Å². The first-order valence-electron chi connectivity index (χ1n) is 8.17. The Labute approximate surface area is 125 Å². The molecule has 1 aromatic rings. The van der Waals surface area contributed by atoms with E-state index in [0.717, 1.165) is 31.2 Å². The topological polar surface area (TPSA) is 58.4 Å². The molecule has 1 aliphatic heterocycles. The number of rotatable bonds is 3. The number of aromatic carboxylic acids is 1. The summed E-state index contributed by atoms with van der Waals surface area (Å²) in [6, 6.07) is 2.16. The molecular formula is C16H25N3O2. The molecule has 0 amide bonds. The zero-order valence-electron chi connectivity index (χ0n) is 12.8. The summed E-state index contributed by atoms with van der Waals surface area (Å²) in [7, 11) is 0. The van der Waals surface area contributed by atoms with Gasteiger partial charge in [-0.15, -0.1) is 0 Å². The number of nitrogens with zero attached hydrogens (tertiary/aromatic N) is 3. The smallest absolute Gasteiger partial charge is 0.356 e. The van der Waals surface area contributed by atoms with Gasteiger partial charge in [-0.25, -0.2) is 4.79 Å². The standard InChI is InChI=1S/C16H25N3O2/c1-12-9-19-14(8-15(17-19)16(20)21)11-18(12)10-13-6-4-2-3-5-7-13/h8,12-13H,2-7,9-11H2,1H3,(H,20,21). The fourth-order valence-electron chi connectivity index (χ4n) is 3.70. The quantitative estimate of drug-likeness (QED) is 0.870. The fraction of sp³-hybridized carbons (Fsp3) is 0.750. The van der Waals surface area contributed by atoms with Crippen molar-refractivity contribution in [1.82, 2.24) is 14.7 Å². The van der Waals surface area contributed by atoms with Gasteiger partial charge in [0.05, 0.1) is 12.2 Å². The zero-order valence-corrected chi connectivity index (χ0v) is 12.8. The van der Waals surface area contributed by atoms with Gasteiger partial charge in [-0.1, -0.05) is 25.7 Å². The molecule has 5 nitrogen and oxygen atoms in total. The molecule has 1 atom stereocenters. The Balaban J connectivity index is 1.68. The van der Waals surface area contributed by atoms with Crippen LogP contribution in [0, 0.1) is 5.92 Å². The predicted octanol–water partition coefficient (Wildman–Crippen LogP) is 2.76.